The molecular formula is C10H10NO4S+. The molecule has 1 unspecified atom stereocenters. The molecule has 1 aliphatic rings. The molecule has 1 atom stereocenters. The quantitative estimate of drug-likeness (QED) is 0.760. The zero-order valence-electron chi connectivity index (χ0n) is 8.51. The topological polar surface area (TPSA) is 74.6 Å². The molecule has 0 bridgehead atoms. The third-order valence-corrected chi connectivity index (χ3v) is 3.74. The Morgan fingerprint density at radius 1 is 1.56 bits per heavy atom. The summed E-state index contributed by atoms with van der Waals surface area (Å²) < 4.78 is -0.203. The molecule has 0 fully saturated rings. The summed E-state index contributed by atoms with van der Waals surface area (Å²) in [6.45, 7) is -0.0134. The van der Waals surface area contributed by atoms with E-state index in [1.54, 1.807) is 19.2 Å². The molecule has 16 heavy (non-hydrogen) atoms. The van der Waals surface area contributed by atoms with Crippen molar-refractivity contribution in [2.75, 3.05) is 13.6 Å². The van der Waals surface area contributed by atoms with Crippen LogP contribution in [0.4, 0.5) is 5.00 Å². The number of hydrogen-bond acceptors (Lipinski definition) is 4. The lowest BCUT2D eigenvalue weighted by atomic mass is 10.3. The van der Waals surface area contributed by atoms with Gasteiger partial charge in [0.2, 0.25) is 5.76 Å². The Morgan fingerprint density at radius 2 is 2.25 bits per heavy atom. The minimum Gasteiger partial charge on any atom is -0.500 e. The molecule has 1 aliphatic heterocycles. The molecule has 1 amide bonds. The second-order valence-electron chi connectivity index (χ2n) is 3.74. The van der Waals surface area contributed by atoms with E-state index >= 15 is 0 Å². The van der Waals surface area contributed by atoms with Crippen molar-refractivity contribution in [2.24, 2.45) is 0 Å². The van der Waals surface area contributed by atoms with Gasteiger partial charge in [0.15, 0.2) is 5.00 Å². The van der Waals surface area contributed by atoms with Crippen LogP contribution >= 0.6 is 11.3 Å². The summed E-state index contributed by atoms with van der Waals surface area (Å²) in [4.78, 5) is 22.7. The lowest BCUT2D eigenvalue weighted by Gasteiger charge is -2.23. The molecule has 0 radical (unpaired) electrons. The van der Waals surface area contributed by atoms with Crippen LogP contribution in [0.25, 0.3) is 0 Å². The predicted octanol–water partition coefficient (Wildman–Crippen LogP) is 1.12. The first-order valence-electron chi connectivity index (χ1n) is 4.56. The molecule has 2 rings (SSSR count). The lowest BCUT2D eigenvalue weighted by molar-refractivity contribution is -0.133. The highest BCUT2D eigenvalue weighted by molar-refractivity contribution is 7.14. The van der Waals surface area contributed by atoms with E-state index in [9.17, 15) is 14.7 Å². The summed E-state index contributed by atoms with van der Waals surface area (Å²) in [6.07, 6.45) is 0. The molecule has 6 heteroatoms. The highest BCUT2D eigenvalue weighted by Gasteiger charge is 2.49. The Morgan fingerprint density at radius 3 is 2.69 bits per heavy atom. The fourth-order valence-corrected chi connectivity index (χ4v) is 2.56. The number of carboxylic acid groups (broad SMARTS) is 1. The summed E-state index contributed by atoms with van der Waals surface area (Å²) in [7, 11) is 1.60. The predicted molar refractivity (Wildman–Crippen MR) is 59.2 cm³/mol. The van der Waals surface area contributed by atoms with E-state index in [0.717, 1.165) is 0 Å². The van der Waals surface area contributed by atoms with Gasteiger partial charge in [-0.05, 0) is 11.4 Å². The van der Waals surface area contributed by atoms with Gasteiger partial charge in [-0.25, -0.2) is 14.1 Å². The third kappa shape index (κ3) is 1.35. The second-order valence-corrected chi connectivity index (χ2v) is 4.66. The molecule has 2 heterocycles. The third-order valence-electron chi connectivity index (χ3n) is 2.66. The molecule has 1 aromatic heterocycles. The van der Waals surface area contributed by atoms with E-state index in [1.807, 2.05) is 5.38 Å². The van der Waals surface area contributed by atoms with E-state index in [-0.39, 0.29) is 16.6 Å². The molecule has 2 N–H and O–H groups in total. The van der Waals surface area contributed by atoms with E-state index in [4.69, 9.17) is 5.11 Å². The van der Waals surface area contributed by atoms with Gasteiger partial charge in [0.05, 0.1) is 7.05 Å². The van der Waals surface area contributed by atoms with Crippen LogP contribution in [-0.4, -0.2) is 35.7 Å². The first-order chi connectivity index (χ1) is 7.47. The van der Waals surface area contributed by atoms with Crippen molar-refractivity contribution in [1.82, 2.24) is 4.48 Å². The smallest absolute Gasteiger partial charge is 0.387 e. The number of carbonyl (C=O) groups is 2. The first-order valence-corrected chi connectivity index (χ1v) is 5.44. The van der Waals surface area contributed by atoms with Gasteiger partial charge in [0.1, 0.15) is 12.1 Å². The number of likely N-dealkylation sites (N-methyl/N-ethyl adjacent to an activating group) is 1. The van der Waals surface area contributed by atoms with Crippen LogP contribution in [0.5, 0.6) is 0 Å². The summed E-state index contributed by atoms with van der Waals surface area (Å²) >= 11 is 1.36. The Hall–Kier alpha value is -1.66. The second kappa shape index (κ2) is 3.43. The standard InChI is InChI=1S/C10H9NO4S/c1-11(7-3-2-4-16-7)5-6(10(14)15)8(12)9(11)13/h2-4H,5H2,1H3,(H-,12,14,15)/p+1. The van der Waals surface area contributed by atoms with Crippen molar-refractivity contribution in [2.45, 2.75) is 0 Å². The van der Waals surface area contributed by atoms with Crippen molar-refractivity contribution in [3.8, 4) is 0 Å². The zero-order valence-corrected chi connectivity index (χ0v) is 9.32. The number of quaternary nitrogens is 1. The van der Waals surface area contributed by atoms with E-state index < -0.39 is 17.6 Å². The normalized spacial score (nSPS) is 25.2. The number of carbonyl (C=O) groups excluding carboxylic acids is 1. The Labute approximate surface area is 95.4 Å². The van der Waals surface area contributed by atoms with Crippen molar-refractivity contribution in [1.29, 1.82) is 0 Å². The van der Waals surface area contributed by atoms with Gasteiger partial charge in [-0.15, -0.1) is 0 Å². The molecule has 1 aromatic rings. The van der Waals surface area contributed by atoms with Gasteiger partial charge >= 0.3 is 11.9 Å². The molecular weight excluding hydrogens is 230 g/mol. The number of aliphatic hydroxyl groups excluding tert-OH is 1. The summed E-state index contributed by atoms with van der Waals surface area (Å²) in [5.74, 6) is -2.45. The van der Waals surface area contributed by atoms with Crippen molar-refractivity contribution < 1.29 is 19.8 Å². The van der Waals surface area contributed by atoms with Gasteiger partial charge in [-0.3, -0.25) is 0 Å². The van der Waals surface area contributed by atoms with Gasteiger partial charge in [0.25, 0.3) is 0 Å². The Balaban J connectivity index is 2.45. The maximum atomic E-state index is 11.8. The van der Waals surface area contributed by atoms with E-state index in [1.165, 1.54) is 11.3 Å². The number of thiophene rings is 1. The van der Waals surface area contributed by atoms with Gasteiger partial charge in [0, 0.05) is 6.07 Å². The summed E-state index contributed by atoms with van der Waals surface area (Å²) in [5, 5.41) is 20.9. The molecule has 0 spiro atoms. The van der Waals surface area contributed by atoms with Crippen LogP contribution in [0.1, 0.15) is 0 Å². The minimum absolute atomic E-state index is 0.0134. The Kier molecular flexibility index (Phi) is 2.32. The van der Waals surface area contributed by atoms with Crippen LogP contribution in [-0.2, 0) is 9.59 Å². The first kappa shape index (κ1) is 10.8. The maximum absolute atomic E-state index is 11.8. The van der Waals surface area contributed by atoms with Crippen molar-refractivity contribution in [3.63, 3.8) is 0 Å². The average molecular weight is 240 g/mol. The summed E-state index contributed by atoms with van der Waals surface area (Å²) in [6, 6.07) is 3.53. The van der Waals surface area contributed by atoms with Crippen molar-refractivity contribution >= 4 is 28.2 Å². The van der Waals surface area contributed by atoms with Gasteiger partial charge < -0.3 is 10.2 Å². The number of rotatable bonds is 2. The summed E-state index contributed by atoms with van der Waals surface area (Å²) in [5.41, 5.74) is -0.221. The highest BCUT2D eigenvalue weighted by atomic mass is 32.1. The fourth-order valence-electron chi connectivity index (χ4n) is 1.72. The number of amides is 1. The molecule has 5 nitrogen and oxygen atoms in total. The number of nitrogens with zero attached hydrogens (tertiary/aromatic N) is 1. The Bertz CT molecular complexity index is 491. The van der Waals surface area contributed by atoms with Gasteiger partial charge in [-0.1, -0.05) is 11.3 Å². The van der Waals surface area contributed by atoms with Gasteiger partial charge in [-0.2, -0.15) is 0 Å². The maximum Gasteiger partial charge on any atom is 0.387 e. The average Bonchev–Trinajstić information content (AvgIpc) is 2.82. The van der Waals surface area contributed by atoms with Crippen LogP contribution in [0.3, 0.4) is 0 Å². The zero-order chi connectivity index (χ0) is 11.9. The highest BCUT2D eigenvalue weighted by Crippen LogP contribution is 2.34. The number of carboxylic acids is 1. The largest absolute Gasteiger partial charge is 0.500 e. The van der Waals surface area contributed by atoms with Crippen LogP contribution in [0, 0.1) is 0 Å². The van der Waals surface area contributed by atoms with Crippen LogP contribution in [0.2, 0.25) is 0 Å². The minimum atomic E-state index is -1.25. The molecule has 0 saturated heterocycles. The van der Waals surface area contributed by atoms with Crippen LogP contribution in [0.15, 0.2) is 28.8 Å². The molecule has 0 aliphatic carbocycles. The fraction of sp³-hybridized carbons (Fsp3) is 0.200. The molecule has 0 aromatic carbocycles. The van der Waals surface area contributed by atoms with Crippen molar-refractivity contribution in [3.05, 3.63) is 28.8 Å². The molecule has 84 valence electrons. The number of aliphatic hydroxyl groups is 1. The van der Waals surface area contributed by atoms with E-state index in [0.29, 0.717) is 5.00 Å². The van der Waals surface area contributed by atoms with Crippen LogP contribution < -0.4 is 4.48 Å². The molecule has 0 saturated carbocycles. The SMILES string of the molecule is C[N+]1(c2cccs2)CC(C(=O)O)=C(O)C1=O. The number of aliphatic carboxylic acids is 1. The monoisotopic (exact) mass is 240 g/mol. The lowest BCUT2D eigenvalue weighted by Crippen LogP contribution is -2.47. The number of hydrogen-bond donors (Lipinski definition) is 2. The van der Waals surface area contributed by atoms with E-state index in [2.05, 4.69) is 0 Å².